The third-order valence-corrected chi connectivity index (χ3v) is 8.71. The van der Waals surface area contributed by atoms with Crippen molar-refractivity contribution in [1.82, 2.24) is 0 Å². The standard InChI is InChI=1S/C33H37FO5/c1-19-29(31(35)36)33(19)14-13-21-8-9-23(17-27(21)33)39-18-20-7-11-24(25-16-22(37-5)10-12-28(25)34)26(15-20)30(38-6)32(2,3)4/h7-12,15-17,19,29-30H,13-14,18H2,1-6H3,(H,35,36). The lowest BCUT2D eigenvalue weighted by Crippen LogP contribution is -2.21. The van der Waals surface area contributed by atoms with E-state index in [4.69, 9.17) is 14.2 Å². The van der Waals surface area contributed by atoms with Crippen LogP contribution in [0.2, 0.25) is 0 Å². The van der Waals surface area contributed by atoms with Gasteiger partial charge in [0.2, 0.25) is 0 Å². The van der Waals surface area contributed by atoms with Gasteiger partial charge in [0.05, 0.1) is 19.1 Å². The summed E-state index contributed by atoms with van der Waals surface area (Å²) >= 11 is 0. The highest BCUT2D eigenvalue weighted by Crippen LogP contribution is 2.66. The molecule has 4 unspecified atom stereocenters. The lowest BCUT2D eigenvalue weighted by Gasteiger charge is -2.32. The molecule has 0 bridgehead atoms. The number of ether oxygens (including phenoxy) is 3. The monoisotopic (exact) mass is 532 g/mol. The SMILES string of the molecule is COc1ccc(F)c(-c2ccc(COc3ccc4c(c3)C3(CC4)C(C)C3C(=O)O)cc2C(OC)C(C)(C)C)c1. The van der Waals surface area contributed by atoms with Crippen LogP contribution in [0.4, 0.5) is 4.39 Å². The second-order valence-corrected chi connectivity index (χ2v) is 12.0. The molecule has 0 radical (unpaired) electrons. The molecule has 2 aliphatic carbocycles. The van der Waals surface area contributed by atoms with Crippen molar-refractivity contribution in [2.45, 2.75) is 58.7 Å². The normalized spacial score (nSPS) is 22.4. The lowest BCUT2D eigenvalue weighted by molar-refractivity contribution is -0.139. The molecule has 0 aliphatic heterocycles. The van der Waals surface area contributed by atoms with Crippen molar-refractivity contribution in [1.29, 1.82) is 0 Å². The smallest absolute Gasteiger partial charge is 0.307 e. The van der Waals surface area contributed by atoms with E-state index in [2.05, 4.69) is 26.8 Å². The van der Waals surface area contributed by atoms with Gasteiger partial charge in [0.15, 0.2) is 0 Å². The topological polar surface area (TPSA) is 65.0 Å². The van der Waals surface area contributed by atoms with Gasteiger partial charge < -0.3 is 19.3 Å². The van der Waals surface area contributed by atoms with Crippen LogP contribution in [0.3, 0.4) is 0 Å². The third kappa shape index (κ3) is 4.69. The Morgan fingerprint density at radius 3 is 2.44 bits per heavy atom. The van der Waals surface area contributed by atoms with Crippen molar-refractivity contribution in [2.24, 2.45) is 17.3 Å². The van der Waals surface area contributed by atoms with Crippen LogP contribution in [0.5, 0.6) is 11.5 Å². The molecule has 6 heteroatoms. The number of carboxylic acids is 1. The molecule has 0 heterocycles. The average Bonchev–Trinajstić information content (AvgIpc) is 3.32. The summed E-state index contributed by atoms with van der Waals surface area (Å²) in [6.07, 6.45) is 1.49. The molecule has 0 amide bonds. The average molecular weight is 533 g/mol. The van der Waals surface area contributed by atoms with Crippen molar-refractivity contribution in [3.8, 4) is 22.6 Å². The van der Waals surface area contributed by atoms with Gasteiger partial charge in [-0.1, -0.05) is 45.9 Å². The second kappa shape index (κ2) is 9.98. The van der Waals surface area contributed by atoms with Crippen molar-refractivity contribution < 1.29 is 28.5 Å². The van der Waals surface area contributed by atoms with Gasteiger partial charge in [-0.3, -0.25) is 4.79 Å². The fourth-order valence-corrected chi connectivity index (χ4v) is 6.75. The number of carbonyl (C=O) groups is 1. The number of fused-ring (bicyclic) bond motifs is 2. The Morgan fingerprint density at radius 2 is 1.79 bits per heavy atom. The number of aliphatic carboxylic acids is 1. The Kier molecular flexibility index (Phi) is 6.96. The van der Waals surface area contributed by atoms with E-state index < -0.39 is 5.97 Å². The summed E-state index contributed by atoms with van der Waals surface area (Å²) in [5.74, 6) is 0.0615. The van der Waals surface area contributed by atoms with Crippen LogP contribution in [0, 0.1) is 23.1 Å². The Bertz CT molecular complexity index is 1410. The van der Waals surface area contributed by atoms with Crippen molar-refractivity contribution >= 4 is 5.97 Å². The van der Waals surface area contributed by atoms with E-state index in [-0.39, 0.29) is 34.6 Å². The van der Waals surface area contributed by atoms with Gasteiger partial charge in [-0.25, -0.2) is 4.39 Å². The molecule has 3 aromatic carbocycles. The number of aryl methyl sites for hydroxylation is 1. The summed E-state index contributed by atoms with van der Waals surface area (Å²) in [4.78, 5) is 11.8. The van der Waals surface area contributed by atoms with Crippen LogP contribution in [0.1, 0.15) is 62.5 Å². The van der Waals surface area contributed by atoms with E-state index in [1.165, 1.54) is 11.6 Å². The highest BCUT2D eigenvalue weighted by atomic mass is 19.1. The molecule has 39 heavy (non-hydrogen) atoms. The van der Waals surface area contributed by atoms with Gasteiger partial charge in [-0.2, -0.15) is 0 Å². The van der Waals surface area contributed by atoms with Crippen molar-refractivity contribution in [2.75, 3.05) is 14.2 Å². The van der Waals surface area contributed by atoms with Crippen LogP contribution >= 0.6 is 0 Å². The molecule has 2 aliphatic rings. The zero-order valence-corrected chi connectivity index (χ0v) is 23.5. The third-order valence-electron chi connectivity index (χ3n) is 8.71. The van der Waals surface area contributed by atoms with E-state index in [0.717, 1.165) is 40.8 Å². The Morgan fingerprint density at radius 1 is 1.05 bits per heavy atom. The predicted molar refractivity (Wildman–Crippen MR) is 149 cm³/mol. The summed E-state index contributed by atoms with van der Waals surface area (Å²) < 4.78 is 32.6. The summed E-state index contributed by atoms with van der Waals surface area (Å²) in [5, 5.41) is 9.72. The van der Waals surface area contributed by atoms with Gasteiger partial charge in [0.25, 0.3) is 0 Å². The molecule has 1 N–H and O–H groups in total. The molecule has 3 aromatic rings. The van der Waals surface area contributed by atoms with Crippen molar-refractivity contribution in [3.63, 3.8) is 0 Å². The van der Waals surface area contributed by atoms with E-state index in [1.54, 1.807) is 26.4 Å². The summed E-state index contributed by atoms with van der Waals surface area (Å²) in [6, 6.07) is 16.7. The van der Waals surface area contributed by atoms with Crippen LogP contribution < -0.4 is 9.47 Å². The molecule has 1 saturated carbocycles. The number of halogens is 1. The number of benzene rings is 3. The maximum atomic E-state index is 15.0. The molecular weight excluding hydrogens is 495 g/mol. The quantitative estimate of drug-likeness (QED) is 0.329. The van der Waals surface area contributed by atoms with Crippen molar-refractivity contribution in [3.05, 3.63) is 82.7 Å². The molecular formula is C33H37FO5. The molecule has 4 atom stereocenters. The van der Waals surface area contributed by atoms with Gasteiger partial charge in [-0.15, -0.1) is 0 Å². The van der Waals surface area contributed by atoms with E-state index >= 15 is 4.39 Å². The van der Waals surface area contributed by atoms with E-state index in [0.29, 0.717) is 17.9 Å². The molecule has 1 spiro atoms. The zero-order valence-electron chi connectivity index (χ0n) is 23.5. The summed E-state index contributed by atoms with van der Waals surface area (Å²) in [5.41, 5.74) is 4.85. The summed E-state index contributed by atoms with van der Waals surface area (Å²) in [7, 11) is 3.24. The first-order valence-corrected chi connectivity index (χ1v) is 13.5. The second-order valence-electron chi connectivity index (χ2n) is 12.0. The van der Waals surface area contributed by atoms with E-state index in [1.807, 2.05) is 37.3 Å². The molecule has 5 rings (SSSR count). The van der Waals surface area contributed by atoms with Gasteiger partial charge in [0, 0.05) is 18.1 Å². The van der Waals surface area contributed by atoms with E-state index in [9.17, 15) is 9.90 Å². The fraction of sp³-hybridized carbons (Fsp3) is 0.424. The van der Waals surface area contributed by atoms with Crippen LogP contribution in [-0.4, -0.2) is 25.3 Å². The number of rotatable bonds is 8. The number of methoxy groups -OCH3 is 2. The first-order valence-electron chi connectivity index (χ1n) is 13.5. The molecule has 5 nitrogen and oxygen atoms in total. The fourth-order valence-electron chi connectivity index (χ4n) is 6.75. The maximum absolute atomic E-state index is 15.0. The van der Waals surface area contributed by atoms with Gasteiger partial charge in [-0.05, 0) is 88.4 Å². The Hall–Kier alpha value is -3.38. The maximum Gasteiger partial charge on any atom is 0.307 e. The lowest BCUT2D eigenvalue weighted by atomic mass is 9.81. The zero-order chi connectivity index (χ0) is 28.1. The number of hydrogen-bond donors (Lipinski definition) is 1. The van der Waals surface area contributed by atoms with Crippen LogP contribution in [0.15, 0.2) is 54.6 Å². The Labute approximate surface area is 229 Å². The van der Waals surface area contributed by atoms with Gasteiger partial charge in [0.1, 0.15) is 23.9 Å². The van der Waals surface area contributed by atoms with Gasteiger partial charge >= 0.3 is 5.97 Å². The van der Waals surface area contributed by atoms with Crippen LogP contribution in [0.25, 0.3) is 11.1 Å². The largest absolute Gasteiger partial charge is 0.497 e. The van der Waals surface area contributed by atoms with Crippen LogP contribution in [-0.2, 0) is 28.0 Å². The first-order chi connectivity index (χ1) is 18.5. The Balaban J connectivity index is 1.46. The highest BCUT2D eigenvalue weighted by Gasteiger charge is 2.68. The molecule has 1 fully saturated rings. The predicted octanol–water partition coefficient (Wildman–Crippen LogP) is 7.35. The first kappa shape index (κ1) is 27.2. The minimum atomic E-state index is -0.715. The number of hydrogen-bond acceptors (Lipinski definition) is 4. The molecule has 206 valence electrons. The summed E-state index contributed by atoms with van der Waals surface area (Å²) in [6.45, 7) is 8.65. The number of carboxylic acid groups (broad SMARTS) is 1. The molecule has 0 aromatic heterocycles. The minimum Gasteiger partial charge on any atom is -0.497 e. The molecule has 0 saturated heterocycles. The highest BCUT2D eigenvalue weighted by molar-refractivity contribution is 5.79. The minimum absolute atomic E-state index is 0.127.